The van der Waals surface area contributed by atoms with Gasteiger partial charge in [0.25, 0.3) is 10.0 Å². The summed E-state index contributed by atoms with van der Waals surface area (Å²) in [5.41, 5.74) is 1.01. The second-order valence-corrected chi connectivity index (χ2v) is 12.7. The average molecular weight is 612 g/mol. The van der Waals surface area contributed by atoms with E-state index >= 15 is 0 Å². The Morgan fingerprint density at radius 1 is 0.976 bits per heavy atom. The number of rotatable bonds is 12. The Morgan fingerprint density at radius 3 is 2.36 bits per heavy atom. The van der Waals surface area contributed by atoms with Gasteiger partial charge in [0.1, 0.15) is 18.3 Å². The molecule has 42 heavy (non-hydrogen) atoms. The predicted octanol–water partition coefficient (Wildman–Crippen LogP) is 5.80. The van der Waals surface area contributed by atoms with Crippen LogP contribution in [0.5, 0.6) is 5.75 Å². The van der Waals surface area contributed by atoms with E-state index in [9.17, 15) is 18.0 Å². The van der Waals surface area contributed by atoms with E-state index in [1.807, 2.05) is 25.1 Å². The van der Waals surface area contributed by atoms with Gasteiger partial charge in [-0.3, -0.25) is 13.9 Å². The van der Waals surface area contributed by atoms with Crippen LogP contribution in [0.15, 0.2) is 83.8 Å². The summed E-state index contributed by atoms with van der Waals surface area (Å²) in [6, 6.07) is 20.9. The molecule has 1 N–H and O–H groups in total. The second-order valence-electron chi connectivity index (χ2n) is 10.4. The van der Waals surface area contributed by atoms with Crippen LogP contribution in [0.2, 0.25) is 5.02 Å². The van der Waals surface area contributed by atoms with Gasteiger partial charge in [0.2, 0.25) is 11.8 Å². The van der Waals surface area contributed by atoms with Crippen molar-refractivity contribution < 1.29 is 22.7 Å². The number of nitrogens with zero attached hydrogens (tertiary/aromatic N) is 2. The second kappa shape index (κ2) is 14.6. The lowest BCUT2D eigenvalue weighted by Gasteiger charge is -2.34. The largest absolute Gasteiger partial charge is 0.497 e. The SMILES string of the molecule is CC[C@@H](C(=O)NC1CCCCC1)N(Cc1cccc(OC)c1)C(=O)CN(c1cccc(Cl)c1)S(=O)(=O)c1ccccc1. The highest BCUT2D eigenvalue weighted by atomic mass is 35.5. The summed E-state index contributed by atoms with van der Waals surface area (Å²) in [5.74, 6) is -0.129. The maximum absolute atomic E-state index is 14.2. The fraction of sp³-hybridized carbons (Fsp3) is 0.375. The molecule has 224 valence electrons. The monoisotopic (exact) mass is 611 g/mol. The van der Waals surface area contributed by atoms with Crippen molar-refractivity contribution in [2.45, 2.75) is 69.0 Å². The van der Waals surface area contributed by atoms with Gasteiger partial charge < -0.3 is 15.0 Å². The molecule has 1 saturated carbocycles. The molecule has 2 amide bonds. The highest BCUT2D eigenvalue weighted by Crippen LogP contribution is 2.27. The molecule has 0 heterocycles. The Labute approximate surface area is 253 Å². The molecule has 8 nitrogen and oxygen atoms in total. The third-order valence-electron chi connectivity index (χ3n) is 7.53. The van der Waals surface area contributed by atoms with Crippen molar-refractivity contribution in [3.8, 4) is 5.75 Å². The Kier molecular flexibility index (Phi) is 10.9. The van der Waals surface area contributed by atoms with Crippen LogP contribution in [0.3, 0.4) is 0 Å². The van der Waals surface area contributed by atoms with Crippen LogP contribution in [0.1, 0.15) is 51.0 Å². The molecule has 1 atom stereocenters. The zero-order valence-corrected chi connectivity index (χ0v) is 25.6. The van der Waals surface area contributed by atoms with Crippen LogP contribution in [0.25, 0.3) is 0 Å². The number of anilines is 1. The van der Waals surface area contributed by atoms with E-state index in [-0.39, 0.29) is 29.1 Å². The minimum absolute atomic E-state index is 0.0409. The first kappa shape index (κ1) is 31.4. The standard InChI is InChI=1S/C32H38ClN3O5S/c1-3-30(32(38)34-26-14-6-4-7-15-26)35(22-24-12-10-17-28(20-24)41-2)31(37)23-36(27-16-11-13-25(33)21-27)42(39,40)29-18-8-5-9-19-29/h5,8-13,16-21,26,30H,3-4,6-7,14-15,22-23H2,1-2H3,(H,34,38)/t30-/m0/s1. The molecule has 1 aliphatic carbocycles. The normalized spacial score (nSPS) is 14.5. The number of nitrogens with one attached hydrogen (secondary N) is 1. The van der Waals surface area contributed by atoms with Crippen LogP contribution in [-0.2, 0) is 26.2 Å². The maximum atomic E-state index is 14.2. The number of halogens is 1. The third kappa shape index (κ3) is 7.83. The van der Waals surface area contributed by atoms with E-state index < -0.39 is 28.5 Å². The zero-order chi connectivity index (χ0) is 30.1. The molecular weight excluding hydrogens is 574 g/mol. The van der Waals surface area contributed by atoms with Crippen molar-refractivity contribution in [3.63, 3.8) is 0 Å². The van der Waals surface area contributed by atoms with Crippen molar-refractivity contribution >= 4 is 39.1 Å². The van der Waals surface area contributed by atoms with Gasteiger partial charge in [-0.2, -0.15) is 0 Å². The van der Waals surface area contributed by atoms with E-state index in [2.05, 4.69) is 5.32 Å². The smallest absolute Gasteiger partial charge is 0.264 e. The fourth-order valence-corrected chi connectivity index (χ4v) is 6.92. The molecule has 1 fully saturated rings. The number of amides is 2. The van der Waals surface area contributed by atoms with Gasteiger partial charge in [0.05, 0.1) is 17.7 Å². The van der Waals surface area contributed by atoms with Gasteiger partial charge in [-0.05, 0) is 67.3 Å². The van der Waals surface area contributed by atoms with Gasteiger partial charge in [-0.15, -0.1) is 0 Å². The predicted molar refractivity (Wildman–Crippen MR) is 165 cm³/mol. The molecule has 0 aliphatic heterocycles. The van der Waals surface area contributed by atoms with Crippen molar-refractivity contribution in [2.24, 2.45) is 0 Å². The third-order valence-corrected chi connectivity index (χ3v) is 9.55. The summed E-state index contributed by atoms with van der Waals surface area (Å²) >= 11 is 6.25. The van der Waals surface area contributed by atoms with Crippen LogP contribution >= 0.6 is 11.6 Å². The van der Waals surface area contributed by atoms with Crippen LogP contribution in [-0.4, -0.2) is 50.9 Å². The highest BCUT2D eigenvalue weighted by Gasteiger charge is 2.34. The first-order valence-corrected chi connectivity index (χ1v) is 16.1. The molecule has 0 spiro atoms. The number of hydrogen-bond donors (Lipinski definition) is 1. The van der Waals surface area contributed by atoms with Crippen molar-refractivity contribution in [2.75, 3.05) is 18.0 Å². The molecule has 0 radical (unpaired) electrons. The minimum Gasteiger partial charge on any atom is -0.497 e. The Hall–Kier alpha value is -3.56. The number of ether oxygens (including phenoxy) is 1. The van der Waals surface area contributed by atoms with Gasteiger partial charge >= 0.3 is 0 Å². The van der Waals surface area contributed by atoms with Crippen LogP contribution in [0.4, 0.5) is 5.69 Å². The van der Waals surface area contributed by atoms with Gasteiger partial charge in [0, 0.05) is 17.6 Å². The number of carbonyl (C=O) groups is 2. The van der Waals surface area contributed by atoms with Crippen molar-refractivity contribution in [1.29, 1.82) is 0 Å². The van der Waals surface area contributed by atoms with E-state index in [1.54, 1.807) is 49.6 Å². The summed E-state index contributed by atoms with van der Waals surface area (Å²) in [6.45, 7) is 1.43. The highest BCUT2D eigenvalue weighted by molar-refractivity contribution is 7.92. The number of benzene rings is 3. The lowest BCUT2D eigenvalue weighted by atomic mass is 9.95. The van der Waals surface area contributed by atoms with E-state index in [0.717, 1.165) is 42.0 Å². The van der Waals surface area contributed by atoms with Crippen molar-refractivity contribution in [3.05, 3.63) is 89.4 Å². The molecule has 0 aromatic heterocycles. The summed E-state index contributed by atoms with van der Waals surface area (Å²) < 4.78 is 34.2. The van der Waals surface area contributed by atoms with Gasteiger partial charge in [-0.25, -0.2) is 8.42 Å². The summed E-state index contributed by atoms with van der Waals surface area (Å²) in [4.78, 5) is 29.4. The Bertz CT molecular complexity index is 1460. The molecule has 0 saturated heterocycles. The van der Waals surface area contributed by atoms with E-state index in [4.69, 9.17) is 16.3 Å². The minimum atomic E-state index is -4.15. The molecular formula is C32H38ClN3O5S. The maximum Gasteiger partial charge on any atom is 0.264 e. The van der Waals surface area contributed by atoms with Crippen molar-refractivity contribution in [1.82, 2.24) is 10.2 Å². The number of methoxy groups -OCH3 is 1. The topological polar surface area (TPSA) is 96.0 Å². The van der Waals surface area contributed by atoms with E-state index in [0.29, 0.717) is 17.2 Å². The molecule has 3 aromatic rings. The van der Waals surface area contributed by atoms with Crippen LogP contribution in [0, 0.1) is 0 Å². The Balaban J connectivity index is 1.71. The molecule has 0 bridgehead atoms. The lowest BCUT2D eigenvalue weighted by Crippen LogP contribution is -2.54. The van der Waals surface area contributed by atoms with E-state index in [1.165, 1.54) is 23.1 Å². The molecule has 0 unspecified atom stereocenters. The number of carbonyl (C=O) groups excluding carboxylic acids is 2. The zero-order valence-electron chi connectivity index (χ0n) is 24.0. The van der Waals surface area contributed by atoms with Gasteiger partial charge in [-0.1, -0.05) is 74.2 Å². The summed E-state index contributed by atoms with van der Waals surface area (Å²) in [6.07, 6.45) is 5.43. The quantitative estimate of drug-likeness (QED) is 0.279. The molecule has 1 aliphatic rings. The molecule has 4 rings (SSSR count). The number of hydrogen-bond acceptors (Lipinski definition) is 5. The Morgan fingerprint density at radius 2 is 1.69 bits per heavy atom. The molecule has 10 heteroatoms. The lowest BCUT2D eigenvalue weighted by molar-refractivity contribution is -0.140. The first-order chi connectivity index (χ1) is 20.2. The van der Waals surface area contributed by atoms with Crippen LogP contribution < -0.4 is 14.4 Å². The van der Waals surface area contributed by atoms with Gasteiger partial charge in [0.15, 0.2) is 0 Å². The number of sulfonamides is 1. The average Bonchev–Trinajstić information content (AvgIpc) is 3.00. The first-order valence-electron chi connectivity index (χ1n) is 14.3. The summed E-state index contributed by atoms with van der Waals surface area (Å²) in [7, 11) is -2.59. The fourth-order valence-electron chi connectivity index (χ4n) is 5.31. The summed E-state index contributed by atoms with van der Waals surface area (Å²) in [5, 5.41) is 3.49. The molecule has 3 aromatic carbocycles.